The van der Waals surface area contributed by atoms with E-state index in [9.17, 15) is 0 Å². The van der Waals surface area contributed by atoms with Crippen LogP contribution in [0.1, 0.15) is 45.1 Å². The number of rotatable bonds is 8. The van der Waals surface area contributed by atoms with Crippen molar-refractivity contribution in [1.82, 2.24) is 10.3 Å². The highest BCUT2D eigenvalue weighted by Gasteiger charge is 2.20. The predicted octanol–water partition coefficient (Wildman–Crippen LogP) is 3.15. The maximum Gasteiger partial charge on any atom is 0.142 e. The molecule has 1 aromatic heterocycles. The van der Waals surface area contributed by atoms with Gasteiger partial charge in [-0.15, -0.1) is 0 Å². The maximum atomic E-state index is 5.90. The van der Waals surface area contributed by atoms with Crippen LogP contribution >= 0.6 is 0 Å². The van der Waals surface area contributed by atoms with Crippen LogP contribution in [0, 0.1) is 5.92 Å². The molecule has 2 rings (SSSR count). The molecule has 1 aromatic rings. The fourth-order valence-corrected chi connectivity index (χ4v) is 2.03. The van der Waals surface area contributed by atoms with Gasteiger partial charge in [-0.2, -0.15) is 0 Å². The standard InChI is InChI=1S/C15H24N2O/c1-3-4-12(2)11-18-15-10-16-8-7-13(15)9-17-14-5-6-14/h7-8,10,12,14,17H,3-6,9,11H2,1-2H3. The van der Waals surface area contributed by atoms with Crippen LogP contribution in [0.25, 0.3) is 0 Å². The van der Waals surface area contributed by atoms with Crippen molar-refractivity contribution in [3.8, 4) is 5.75 Å². The molecule has 0 spiro atoms. The van der Waals surface area contributed by atoms with Gasteiger partial charge in [-0.05, 0) is 31.2 Å². The van der Waals surface area contributed by atoms with Crippen molar-refractivity contribution >= 4 is 0 Å². The summed E-state index contributed by atoms with van der Waals surface area (Å²) in [6.45, 7) is 6.13. The Morgan fingerprint density at radius 1 is 1.50 bits per heavy atom. The van der Waals surface area contributed by atoms with Gasteiger partial charge in [-0.1, -0.05) is 20.3 Å². The van der Waals surface area contributed by atoms with E-state index in [4.69, 9.17) is 4.74 Å². The van der Waals surface area contributed by atoms with E-state index in [0.29, 0.717) is 5.92 Å². The smallest absolute Gasteiger partial charge is 0.142 e. The van der Waals surface area contributed by atoms with E-state index in [1.165, 1.54) is 31.2 Å². The van der Waals surface area contributed by atoms with Crippen LogP contribution in [0.3, 0.4) is 0 Å². The molecule has 1 unspecified atom stereocenters. The second-order valence-electron chi connectivity index (χ2n) is 5.34. The lowest BCUT2D eigenvalue weighted by Crippen LogP contribution is -2.17. The SMILES string of the molecule is CCCC(C)COc1cnccc1CNC1CC1. The number of hydrogen-bond acceptors (Lipinski definition) is 3. The molecule has 18 heavy (non-hydrogen) atoms. The molecule has 1 saturated carbocycles. The van der Waals surface area contributed by atoms with Crippen molar-refractivity contribution in [3.05, 3.63) is 24.0 Å². The normalized spacial score (nSPS) is 16.6. The zero-order valence-electron chi connectivity index (χ0n) is 11.5. The Morgan fingerprint density at radius 2 is 2.33 bits per heavy atom. The molecule has 0 saturated heterocycles. The Bertz CT molecular complexity index is 363. The van der Waals surface area contributed by atoms with Crippen molar-refractivity contribution in [2.75, 3.05) is 6.61 Å². The second-order valence-corrected chi connectivity index (χ2v) is 5.34. The first kappa shape index (κ1) is 13.3. The Kier molecular flexibility index (Phi) is 5.00. The Labute approximate surface area is 110 Å². The van der Waals surface area contributed by atoms with Crippen molar-refractivity contribution in [2.24, 2.45) is 5.92 Å². The topological polar surface area (TPSA) is 34.1 Å². The third-order valence-electron chi connectivity index (χ3n) is 3.33. The number of nitrogens with zero attached hydrogens (tertiary/aromatic N) is 1. The first-order valence-corrected chi connectivity index (χ1v) is 7.08. The molecule has 100 valence electrons. The molecule has 1 aliphatic rings. The molecule has 3 nitrogen and oxygen atoms in total. The number of ether oxygens (including phenoxy) is 1. The van der Waals surface area contributed by atoms with Crippen molar-refractivity contribution in [1.29, 1.82) is 0 Å². The third kappa shape index (κ3) is 4.30. The molecule has 1 fully saturated rings. The van der Waals surface area contributed by atoms with E-state index in [1.54, 1.807) is 0 Å². The fraction of sp³-hybridized carbons (Fsp3) is 0.667. The average molecular weight is 248 g/mol. The van der Waals surface area contributed by atoms with Crippen molar-refractivity contribution in [3.63, 3.8) is 0 Å². The van der Waals surface area contributed by atoms with Gasteiger partial charge in [-0.3, -0.25) is 4.98 Å². The lowest BCUT2D eigenvalue weighted by Gasteiger charge is -2.15. The second kappa shape index (κ2) is 6.74. The Balaban J connectivity index is 1.85. The van der Waals surface area contributed by atoms with Gasteiger partial charge in [0.25, 0.3) is 0 Å². The molecule has 1 heterocycles. The van der Waals surface area contributed by atoms with Crippen molar-refractivity contribution < 1.29 is 4.74 Å². The molecule has 0 aliphatic heterocycles. The van der Waals surface area contributed by atoms with Gasteiger partial charge < -0.3 is 10.1 Å². The minimum Gasteiger partial charge on any atom is -0.491 e. The summed E-state index contributed by atoms with van der Waals surface area (Å²) in [7, 11) is 0. The van der Waals surface area contributed by atoms with E-state index in [0.717, 1.165) is 24.9 Å². The molecule has 1 atom stereocenters. The van der Waals surface area contributed by atoms with Gasteiger partial charge in [0.05, 0.1) is 12.8 Å². The predicted molar refractivity (Wildman–Crippen MR) is 73.7 cm³/mol. The minimum absolute atomic E-state index is 0.611. The first-order valence-electron chi connectivity index (χ1n) is 7.08. The van der Waals surface area contributed by atoms with E-state index >= 15 is 0 Å². The molecule has 0 radical (unpaired) electrons. The molecule has 3 heteroatoms. The quantitative estimate of drug-likeness (QED) is 0.767. The van der Waals surface area contributed by atoms with Gasteiger partial charge in [0.15, 0.2) is 0 Å². The summed E-state index contributed by atoms with van der Waals surface area (Å²) in [6, 6.07) is 2.78. The Hall–Kier alpha value is -1.09. The van der Waals surface area contributed by atoms with Crippen LogP contribution in [0.5, 0.6) is 5.75 Å². The van der Waals surface area contributed by atoms with E-state index in [-0.39, 0.29) is 0 Å². The van der Waals surface area contributed by atoms with Gasteiger partial charge in [-0.25, -0.2) is 0 Å². The van der Waals surface area contributed by atoms with Gasteiger partial charge in [0.1, 0.15) is 5.75 Å². The van der Waals surface area contributed by atoms with Gasteiger partial charge in [0, 0.05) is 24.3 Å². The van der Waals surface area contributed by atoms with Crippen molar-refractivity contribution in [2.45, 2.75) is 52.1 Å². The molecular formula is C15H24N2O. The number of hydrogen-bond donors (Lipinski definition) is 1. The molecular weight excluding hydrogens is 224 g/mol. The summed E-state index contributed by atoms with van der Waals surface area (Å²) < 4.78 is 5.90. The van der Waals surface area contributed by atoms with Crippen LogP contribution < -0.4 is 10.1 Å². The van der Waals surface area contributed by atoms with Gasteiger partial charge >= 0.3 is 0 Å². The largest absolute Gasteiger partial charge is 0.491 e. The van der Waals surface area contributed by atoms with Crippen LogP contribution in [0.4, 0.5) is 0 Å². The van der Waals surface area contributed by atoms with Crippen LogP contribution in [0.2, 0.25) is 0 Å². The summed E-state index contributed by atoms with van der Waals surface area (Å²) in [5.41, 5.74) is 1.22. The number of pyridine rings is 1. The summed E-state index contributed by atoms with van der Waals surface area (Å²) in [5, 5.41) is 3.52. The zero-order valence-corrected chi connectivity index (χ0v) is 11.5. The van der Waals surface area contributed by atoms with E-state index in [1.807, 2.05) is 12.4 Å². The fourth-order valence-electron chi connectivity index (χ4n) is 2.03. The van der Waals surface area contributed by atoms with Crippen LogP contribution in [-0.2, 0) is 6.54 Å². The summed E-state index contributed by atoms with van der Waals surface area (Å²) >= 11 is 0. The lowest BCUT2D eigenvalue weighted by atomic mass is 10.1. The summed E-state index contributed by atoms with van der Waals surface area (Å²) in [5.74, 6) is 1.55. The van der Waals surface area contributed by atoms with Crippen LogP contribution in [0.15, 0.2) is 18.5 Å². The van der Waals surface area contributed by atoms with Gasteiger partial charge in [0.2, 0.25) is 0 Å². The van der Waals surface area contributed by atoms with Crippen LogP contribution in [-0.4, -0.2) is 17.6 Å². The molecule has 0 aromatic carbocycles. The Morgan fingerprint density at radius 3 is 3.06 bits per heavy atom. The monoisotopic (exact) mass is 248 g/mol. The summed E-state index contributed by atoms with van der Waals surface area (Å²) in [6.07, 6.45) is 8.74. The number of nitrogens with one attached hydrogen (secondary N) is 1. The van der Waals surface area contributed by atoms with E-state index < -0.39 is 0 Å². The lowest BCUT2D eigenvalue weighted by molar-refractivity contribution is 0.248. The highest BCUT2D eigenvalue weighted by Crippen LogP contribution is 2.22. The zero-order chi connectivity index (χ0) is 12.8. The third-order valence-corrected chi connectivity index (χ3v) is 3.33. The molecule has 0 bridgehead atoms. The molecule has 1 aliphatic carbocycles. The summed E-state index contributed by atoms with van der Waals surface area (Å²) in [4.78, 5) is 4.16. The average Bonchev–Trinajstić information content (AvgIpc) is 3.19. The highest BCUT2D eigenvalue weighted by atomic mass is 16.5. The highest BCUT2D eigenvalue weighted by molar-refractivity contribution is 5.29. The minimum atomic E-state index is 0.611. The van der Waals surface area contributed by atoms with E-state index in [2.05, 4.69) is 30.2 Å². The molecule has 0 amide bonds. The number of aromatic nitrogens is 1. The first-order chi connectivity index (χ1) is 8.79. The maximum absolute atomic E-state index is 5.90. The molecule has 1 N–H and O–H groups in total.